The number of aliphatic hydroxyl groups is 1. The number of nitrogens with zero attached hydrogens (tertiary/aromatic N) is 4. The van der Waals surface area contributed by atoms with Crippen molar-refractivity contribution in [3.8, 4) is 33.0 Å². The molecule has 2 heterocycles. The summed E-state index contributed by atoms with van der Waals surface area (Å²) in [5, 5.41) is 29.2. The van der Waals surface area contributed by atoms with Gasteiger partial charge in [-0.2, -0.15) is 5.26 Å². The smallest absolute Gasteiger partial charge is 0.148 e. The molecule has 0 unspecified atom stereocenters. The number of fused-ring (bicyclic) bond motifs is 1. The van der Waals surface area contributed by atoms with Crippen molar-refractivity contribution in [3.63, 3.8) is 0 Å². The fourth-order valence-corrected chi connectivity index (χ4v) is 4.67. The highest BCUT2D eigenvalue weighted by Gasteiger charge is 2.16. The lowest BCUT2D eigenvalue weighted by molar-refractivity contribution is 0.201. The monoisotopic (exact) mass is 470 g/mol. The molecule has 0 radical (unpaired) electrons. The quantitative estimate of drug-likeness (QED) is 0.576. The first-order valence-corrected chi connectivity index (χ1v) is 11.4. The van der Waals surface area contributed by atoms with Crippen molar-refractivity contribution in [1.82, 2.24) is 15.1 Å². The number of β-amino-alcohol motifs (C(OH)–C–C–N with tert-alkyl or cyclic N) is 1. The molecule has 0 spiro atoms. The Labute approximate surface area is 198 Å². The van der Waals surface area contributed by atoms with Gasteiger partial charge >= 0.3 is 0 Å². The van der Waals surface area contributed by atoms with Gasteiger partial charge in [0.15, 0.2) is 0 Å². The number of aromatic nitrogens is 2. The third kappa shape index (κ3) is 5.45. The van der Waals surface area contributed by atoms with Crippen LogP contribution in [-0.2, 0) is 12.8 Å². The molecule has 0 saturated heterocycles. The highest BCUT2D eigenvalue weighted by molar-refractivity contribution is 7.17. The van der Waals surface area contributed by atoms with E-state index in [0.717, 1.165) is 53.6 Å². The second-order valence-corrected chi connectivity index (χ2v) is 8.93. The molecule has 4 rings (SSSR count). The summed E-state index contributed by atoms with van der Waals surface area (Å²) in [5.41, 5.74) is 5.15. The highest BCUT2D eigenvalue weighted by atomic mass is 35.5. The van der Waals surface area contributed by atoms with Crippen molar-refractivity contribution < 1.29 is 9.84 Å². The van der Waals surface area contributed by atoms with E-state index >= 15 is 0 Å². The van der Waals surface area contributed by atoms with Gasteiger partial charge in [-0.15, -0.1) is 22.6 Å². The predicted octanol–water partition coefficient (Wildman–Crippen LogP) is 4.35. The zero-order valence-electron chi connectivity index (χ0n) is 18.2. The van der Waals surface area contributed by atoms with Crippen LogP contribution in [0.25, 0.3) is 21.1 Å². The Hall–Kier alpha value is -2.50. The minimum Gasteiger partial charge on any atom is -0.490 e. The number of halogens is 1. The maximum Gasteiger partial charge on any atom is 0.148 e. The van der Waals surface area contributed by atoms with Crippen LogP contribution in [0.4, 0.5) is 0 Å². The van der Waals surface area contributed by atoms with Crippen LogP contribution in [0.15, 0.2) is 36.4 Å². The van der Waals surface area contributed by atoms with Crippen LogP contribution < -0.4 is 4.74 Å². The largest absolute Gasteiger partial charge is 0.490 e. The SMILES string of the molecule is CC(C)Oc1ccc(-c2nnc(-c3ccc4c(c3)CCN(CCO)CC4)s2)cc1C#N.Cl. The molecule has 0 saturated carbocycles. The van der Waals surface area contributed by atoms with Crippen LogP contribution in [-0.4, -0.2) is 52.5 Å². The summed E-state index contributed by atoms with van der Waals surface area (Å²) in [6, 6.07) is 14.3. The topological polar surface area (TPSA) is 82.3 Å². The van der Waals surface area contributed by atoms with E-state index in [1.54, 1.807) is 0 Å². The minimum atomic E-state index is 0. The number of nitriles is 1. The van der Waals surface area contributed by atoms with Gasteiger partial charge in [-0.25, -0.2) is 0 Å². The van der Waals surface area contributed by atoms with E-state index in [0.29, 0.717) is 11.3 Å². The summed E-state index contributed by atoms with van der Waals surface area (Å²) in [6.45, 7) is 6.75. The highest BCUT2D eigenvalue weighted by Crippen LogP contribution is 2.33. The molecule has 6 nitrogen and oxygen atoms in total. The summed E-state index contributed by atoms with van der Waals surface area (Å²) in [5.74, 6) is 0.590. The number of hydrogen-bond acceptors (Lipinski definition) is 7. The third-order valence-electron chi connectivity index (χ3n) is 5.40. The Bertz CT molecular complexity index is 1110. The Kier molecular flexibility index (Phi) is 8.21. The Morgan fingerprint density at radius 3 is 2.38 bits per heavy atom. The van der Waals surface area contributed by atoms with Gasteiger partial charge in [0.1, 0.15) is 21.8 Å². The van der Waals surface area contributed by atoms with E-state index < -0.39 is 0 Å². The Balaban J connectivity index is 0.00000289. The van der Waals surface area contributed by atoms with Crippen molar-refractivity contribution in [2.24, 2.45) is 0 Å². The zero-order valence-corrected chi connectivity index (χ0v) is 19.9. The fourth-order valence-electron chi connectivity index (χ4n) is 3.83. The van der Waals surface area contributed by atoms with E-state index in [1.807, 2.05) is 32.0 Å². The van der Waals surface area contributed by atoms with E-state index in [2.05, 4.69) is 39.4 Å². The molecule has 0 bridgehead atoms. The standard InChI is InChI=1S/C24H26N4O2S.ClH/c1-16(2)30-22-6-5-20(14-21(22)15-25)24-27-26-23(31-24)19-4-3-17-7-9-28(11-12-29)10-8-18(17)13-19;/h3-6,13-14,16,29H,7-12H2,1-2H3;1H. The number of ether oxygens (including phenoxy) is 1. The maximum atomic E-state index is 9.49. The van der Waals surface area contributed by atoms with Gasteiger partial charge in [-0.3, -0.25) is 0 Å². The van der Waals surface area contributed by atoms with Crippen molar-refractivity contribution in [1.29, 1.82) is 5.26 Å². The summed E-state index contributed by atoms with van der Waals surface area (Å²) in [7, 11) is 0. The molecule has 0 amide bonds. The molecule has 168 valence electrons. The molecular formula is C24H27ClN4O2S. The van der Waals surface area contributed by atoms with Gasteiger partial charge in [0.25, 0.3) is 0 Å². The molecule has 32 heavy (non-hydrogen) atoms. The molecule has 1 aliphatic rings. The lowest BCUT2D eigenvalue weighted by Gasteiger charge is -2.17. The molecule has 0 fully saturated rings. The second-order valence-electron chi connectivity index (χ2n) is 7.95. The molecule has 0 aliphatic carbocycles. The van der Waals surface area contributed by atoms with E-state index in [4.69, 9.17) is 4.74 Å². The van der Waals surface area contributed by atoms with Crippen LogP contribution >= 0.6 is 23.7 Å². The zero-order chi connectivity index (χ0) is 21.8. The lowest BCUT2D eigenvalue weighted by atomic mass is 10.0. The normalized spacial score (nSPS) is 13.7. The summed E-state index contributed by atoms with van der Waals surface area (Å²) in [6.07, 6.45) is 1.98. The fraction of sp³-hybridized carbons (Fsp3) is 0.375. The molecule has 1 N–H and O–H groups in total. The van der Waals surface area contributed by atoms with Crippen molar-refractivity contribution in [2.45, 2.75) is 32.8 Å². The summed E-state index contributed by atoms with van der Waals surface area (Å²) in [4.78, 5) is 2.31. The van der Waals surface area contributed by atoms with Gasteiger partial charge < -0.3 is 14.7 Å². The maximum absolute atomic E-state index is 9.49. The predicted molar refractivity (Wildman–Crippen MR) is 129 cm³/mol. The van der Waals surface area contributed by atoms with Gasteiger partial charge in [-0.05, 0) is 62.1 Å². The molecule has 1 aliphatic heterocycles. The van der Waals surface area contributed by atoms with Crippen LogP contribution in [0.5, 0.6) is 5.75 Å². The third-order valence-corrected chi connectivity index (χ3v) is 6.42. The summed E-state index contributed by atoms with van der Waals surface area (Å²) >= 11 is 1.53. The first-order chi connectivity index (χ1) is 15.1. The van der Waals surface area contributed by atoms with Gasteiger partial charge in [-0.1, -0.05) is 23.5 Å². The van der Waals surface area contributed by atoms with E-state index in [-0.39, 0.29) is 25.1 Å². The van der Waals surface area contributed by atoms with Crippen molar-refractivity contribution >= 4 is 23.7 Å². The molecule has 0 atom stereocenters. The van der Waals surface area contributed by atoms with Crippen LogP contribution in [0.2, 0.25) is 0 Å². The second kappa shape index (κ2) is 10.9. The average molecular weight is 471 g/mol. The van der Waals surface area contributed by atoms with Crippen LogP contribution in [0, 0.1) is 11.3 Å². The number of benzene rings is 2. The Morgan fingerprint density at radius 2 is 1.72 bits per heavy atom. The molecule has 8 heteroatoms. The average Bonchev–Trinajstić information content (AvgIpc) is 3.17. The van der Waals surface area contributed by atoms with Crippen LogP contribution in [0.1, 0.15) is 30.5 Å². The first kappa shape index (κ1) is 24.1. The van der Waals surface area contributed by atoms with Crippen molar-refractivity contribution in [2.75, 3.05) is 26.2 Å². The van der Waals surface area contributed by atoms with E-state index in [9.17, 15) is 10.4 Å². The molecular weight excluding hydrogens is 444 g/mol. The number of aliphatic hydroxyl groups excluding tert-OH is 1. The van der Waals surface area contributed by atoms with Gasteiger partial charge in [0.2, 0.25) is 0 Å². The summed E-state index contributed by atoms with van der Waals surface area (Å²) < 4.78 is 5.72. The number of rotatable bonds is 6. The van der Waals surface area contributed by atoms with Gasteiger partial charge in [0, 0.05) is 30.8 Å². The molecule has 3 aromatic rings. The minimum absolute atomic E-state index is 0. The number of hydrogen-bond donors (Lipinski definition) is 1. The molecule has 1 aromatic heterocycles. The van der Waals surface area contributed by atoms with Crippen molar-refractivity contribution in [3.05, 3.63) is 53.1 Å². The first-order valence-electron chi connectivity index (χ1n) is 10.6. The van der Waals surface area contributed by atoms with E-state index in [1.165, 1.54) is 22.5 Å². The Morgan fingerprint density at radius 1 is 1.06 bits per heavy atom. The molecule has 2 aromatic carbocycles. The lowest BCUT2D eigenvalue weighted by Crippen LogP contribution is -2.29. The van der Waals surface area contributed by atoms with Crippen LogP contribution in [0.3, 0.4) is 0 Å². The van der Waals surface area contributed by atoms with Gasteiger partial charge in [0.05, 0.1) is 18.3 Å².